The molecule has 120 valence electrons. The Balaban J connectivity index is -0.000000108. The minimum Gasteiger partial charge on any atom is -0.545 e. The van der Waals surface area contributed by atoms with Crippen molar-refractivity contribution in [2.45, 2.75) is 20.8 Å². The fraction of sp³-hybridized carbons (Fsp3) is 0.250. The summed E-state index contributed by atoms with van der Waals surface area (Å²) < 4.78 is 0. The van der Waals surface area contributed by atoms with E-state index in [1.807, 2.05) is 0 Å². The SMILES string of the molecule is CC(=CBr)C(=O)[O-].CC(=CBr)C(=O)[O-].CC(=CBr)C(=O)[O-].[Ga+3]. The normalized spacial score (nSPS) is 10.9. The van der Waals surface area contributed by atoms with Crippen LogP contribution in [0, 0.1) is 0 Å². The van der Waals surface area contributed by atoms with Crippen LogP contribution in [-0.4, -0.2) is 37.7 Å². The molecule has 0 amide bonds. The van der Waals surface area contributed by atoms with Crippen LogP contribution in [0.25, 0.3) is 0 Å². The van der Waals surface area contributed by atoms with Crippen molar-refractivity contribution >= 4 is 85.5 Å². The van der Waals surface area contributed by atoms with E-state index in [2.05, 4.69) is 47.8 Å². The van der Waals surface area contributed by atoms with Crippen LogP contribution in [0.3, 0.4) is 0 Å². The zero-order valence-electron chi connectivity index (χ0n) is 11.9. The van der Waals surface area contributed by atoms with Crippen molar-refractivity contribution in [2.24, 2.45) is 0 Å². The molecule has 0 aliphatic rings. The second-order valence-electron chi connectivity index (χ2n) is 3.24. The zero-order chi connectivity index (χ0) is 17.6. The first-order chi connectivity index (χ1) is 9.54. The van der Waals surface area contributed by atoms with Crippen LogP contribution < -0.4 is 15.3 Å². The number of aliphatic carboxylic acids is 3. The molecule has 0 aromatic carbocycles. The second kappa shape index (κ2) is 18.8. The molecule has 0 rings (SSSR count). The quantitative estimate of drug-likeness (QED) is 0.346. The van der Waals surface area contributed by atoms with E-state index >= 15 is 0 Å². The molecule has 0 saturated heterocycles. The van der Waals surface area contributed by atoms with Crippen LogP contribution in [0.5, 0.6) is 0 Å². The van der Waals surface area contributed by atoms with Gasteiger partial charge in [0.25, 0.3) is 0 Å². The third kappa shape index (κ3) is 22.0. The predicted octanol–water partition coefficient (Wildman–Crippen LogP) is -0.276. The van der Waals surface area contributed by atoms with Gasteiger partial charge in [-0.3, -0.25) is 0 Å². The van der Waals surface area contributed by atoms with Crippen LogP contribution in [0.15, 0.2) is 31.7 Å². The molecule has 6 nitrogen and oxygen atoms in total. The molecule has 0 radical (unpaired) electrons. The van der Waals surface area contributed by atoms with Crippen LogP contribution in [-0.2, 0) is 14.4 Å². The molecule has 22 heavy (non-hydrogen) atoms. The standard InChI is InChI=1S/3C4H5BrO2.Ga/c3*1-3(2-5)4(6)7;/h3*2H,1H3,(H,6,7);/q;;;+3/p-3. The average Bonchev–Trinajstić information content (AvgIpc) is 2.45. The first-order valence-electron chi connectivity index (χ1n) is 5.00. The number of carbonyl (C=O) groups excluding carboxylic acids is 3. The summed E-state index contributed by atoms with van der Waals surface area (Å²) in [5.74, 6) is -3.43. The van der Waals surface area contributed by atoms with E-state index in [0.29, 0.717) is 0 Å². The van der Waals surface area contributed by atoms with Crippen molar-refractivity contribution < 1.29 is 29.7 Å². The molecule has 0 spiro atoms. The summed E-state index contributed by atoms with van der Waals surface area (Å²) in [5.41, 5.74) is 0.583. The molecular weight excluding hydrogens is 550 g/mol. The van der Waals surface area contributed by atoms with Crippen molar-refractivity contribution in [2.75, 3.05) is 0 Å². The van der Waals surface area contributed by atoms with Crippen molar-refractivity contribution in [3.8, 4) is 0 Å². The smallest absolute Gasteiger partial charge is 0.545 e. The molecular formula is C12H12Br3GaO6. The van der Waals surface area contributed by atoms with E-state index in [-0.39, 0.29) is 36.5 Å². The monoisotopic (exact) mass is 558 g/mol. The molecule has 0 heterocycles. The summed E-state index contributed by atoms with van der Waals surface area (Å²) in [4.78, 5) is 33.1. The van der Waals surface area contributed by atoms with E-state index in [9.17, 15) is 29.7 Å². The molecule has 0 aromatic rings. The van der Waals surface area contributed by atoms with Crippen LogP contribution in [0.2, 0.25) is 0 Å². The van der Waals surface area contributed by atoms with Gasteiger partial charge >= 0.3 is 19.8 Å². The zero-order valence-corrected chi connectivity index (χ0v) is 19.1. The second-order valence-corrected chi connectivity index (χ2v) is 4.61. The largest absolute Gasteiger partial charge is 3.00 e. The summed E-state index contributed by atoms with van der Waals surface area (Å²) in [6.45, 7) is 4.35. The molecule has 0 aliphatic heterocycles. The van der Waals surface area contributed by atoms with Gasteiger partial charge in [-0.15, -0.1) is 0 Å². The van der Waals surface area contributed by atoms with Gasteiger partial charge in [0.05, 0.1) is 17.9 Å². The van der Waals surface area contributed by atoms with Gasteiger partial charge < -0.3 is 29.7 Å². The van der Waals surface area contributed by atoms with Crippen LogP contribution in [0.4, 0.5) is 0 Å². The number of rotatable bonds is 3. The van der Waals surface area contributed by atoms with E-state index in [4.69, 9.17) is 0 Å². The maximum atomic E-state index is 9.72. The Morgan fingerprint density at radius 3 is 0.773 bits per heavy atom. The molecule has 0 saturated carbocycles. The van der Waals surface area contributed by atoms with Gasteiger partial charge in [0.15, 0.2) is 0 Å². The number of carboxylic acids is 3. The Hall–Kier alpha value is -0.294. The van der Waals surface area contributed by atoms with Gasteiger partial charge in [0.1, 0.15) is 0 Å². The van der Waals surface area contributed by atoms with Crippen molar-refractivity contribution in [1.29, 1.82) is 0 Å². The van der Waals surface area contributed by atoms with Crippen LogP contribution >= 0.6 is 47.8 Å². The van der Waals surface area contributed by atoms with Crippen molar-refractivity contribution in [3.63, 3.8) is 0 Å². The van der Waals surface area contributed by atoms with E-state index in [0.717, 1.165) is 0 Å². The maximum absolute atomic E-state index is 9.72. The van der Waals surface area contributed by atoms with Crippen molar-refractivity contribution in [1.82, 2.24) is 0 Å². The Kier molecular flexibility index (Phi) is 25.3. The number of hydrogen-bond acceptors (Lipinski definition) is 6. The summed E-state index contributed by atoms with van der Waals surface area (Å²) in [6.07, 6.45) is 0. The van der Waals surface area contributed by atoms with Crippen LogP contribution in [0.1, 0.15) is 20.8 Å². The maximum Gasteiger partial charge on any atom is 3.00 e. The fourth-order valence-corrected chi connectivity index (χ4v) is 0.694. The van der Waals surface area contributed by atoms with Crippen molar-refractivity contribution in [3.05, 3.63) is 31.7 Å². The minimum absolute atomic E-state index is 0. The topological polar surface area (TPSA) is 120 Å². The summed E-state index contributed by atoms with van der Waals surface area (Å²) in [6, 6.07) is 0. The van der Waals surface area contributed by atoms with Gasteiger partial charge in [-0.05, 0) is 52.4 Å². The molecule has 0 aromatic heterocycles. The van der Waals surface area contributed by atoms with Gasteiger partial charge in [-0.1, -0.05) is 47.8 Å². The fourth-order valence-electron chi connectivity index (χ4n) is 0.134. The molecule has 0 aliphatic carbocycles. The summed E-state index contributed by atoms with van der Waals surface area (Å²) in [5, 5.41) is 29.2. The minimum atomic E-state index is -1.14. The first-order valence-corrected chi connectivity index (χ1v) is 7.74. The molecule has 10 heteroatoms. The Bertz CT molecular complexity index is 391. The van der Waals surface area contributed by atoms with E-state index in [1.54, 1.807) is 0 Å². The van der Waals surface area contributed by atoms with E-state index in [1.165, 1.54) is 35.7 Å². The number of hydrogen-bond donors (Lipinski definition) is 0. The van der Waals surface area contributed by atoms with Gasteiger partial charge in [-0.2, -0.15) is 0 Å². The Morgan fingerprint density at radius 1 is 0.636 bits per heavy atom. The van der Waals surface area contributed by atoms with Gasteiger partial charge in [-0.25, -0.2) is 0 Å². The summed E-state index contributed by atoms with van der Waals surface area (Å²) >= 11 is 8.50. The third-order valence-corrected chi connectivity index (χ3v) is 3.52. The summed E-state index contributed by atoms with van der Waals surface area (Å²) in [7, 11) is 0. The number of carboxylic acid groups (broad SMARTS) is 3. The predicted molar refractivity (Wildman–Crippen MR) is 88.8 cm³/mol. The Labute approximate surface area is 166 Å². The molecule has 0 fully saturated rings. The van der Waals surface area contributed by atoms with E-state index < -0.39 is 17.9 Å². The molecule has 0 N–H and O–H groups in total. The Morgan fingerprint density at radius 2 is 0.773 bits per heavy atom. The molecule has 0 bridgehead atoms. The van der Waals surface area contributed by atoms with Gasteiger partial charge in [0, 0.05) is 0 Å². The van der Waals surface area contributed by atoms with Gasteiger partial charge in [0.2, 0.25) is 0 Å². The first kappa shape index (κ1) is 29.7. The average molecular weight is 562 g/mol. The molecule has 0 unspecified atom stereocenters. The molecule has 0 atom stereocenters. The number of carbonyl (C=O) groups is 3. The number of halogens is 3. The third-order valence-electron chi connectivity index (χ3n) is 1.46.